The lowest BCUT2D eigenvalue weighted by atomic mass is 9.90. The summed E-state index contributed by atoms with van der Waals surface area (Å²) in [6, 6.07) is -1.52. The molecule has 2 amide bonds. The first-order valence-electron chi connectivity index (χ1n) is 11.2. The Hall–Kier alpha value is -2.17. The topological polar surface area (TPSA) is 124 Å². The highest BCUT2D eigenvalue weighted by molar-refractivity contribution is 7.11. The molecule has 3 atom stereocenters. The Morgan fingerprint density at radius 3 is 2.27 bits per heavy atom. The lowest BCUT2D eigenvalue weighted by molar-refractivity contribution is -0.135. The van der Waals surface area contributed by atoms with Gasteiger partial charge in [0.25, 0.3) is 5.91 Å². The third kappa shape index (κ3) is 7.97. The van der Waals surface area contributed by atoms with E-state index in [9.17, 15) is 19.2 Å². The van der Waals surface area contributed by atoms with Gasteiger partial charge in [0.15, 0.2) is 11.6 Å². The van der Waals surface area contributed by atoms with E-state index in [4.69, 9.17) is 9.47 Å². The molecule has 1 heterocycles. The summed E-state index contributed by atoms with van der Waals surface area (Å²) in [4.78, 5) is 55.6. The molecule has 1 aliphatic carbocycles. The number of Topliss-reactive ketones (excluding diaryl/α,β-unsaturated/α-hetero) is 2. The first-order chi connectivity index (χ1) is 15.6. The zero-order valence-corrected chi connectivity index (χ0v) is 20.8. The summed E-state index contributed by atoms with van der Waals surface area (Å²) in [6.07, 6.45) is 3.45. The third-order valence-corrected chi connectivity index (χ3v) is 6.58. The van der Waals surface area contributed by atoms with Gasteiger partial charge in [0, 0.05) is 26.1 Å². The first-order valence-corrected chi connectivity index (χ1v) is 12.0. The van der Waals surface area contributed by atoms with Crippen molar-refractivity contribution in [3.05, 3.63) is 16.6 Å². The number of nitrogens with one attached hydrogen (secondary N) is 2. The number of ether oxygens (including phenoxy) is 2. The van der Waals surface area contributed by atoms with E-state index in [1.807, 2.05) is 20.8 Å². The molecule has 1 aromatic rings. The summed E-state index contributed by atoms with van der Waals surface area (Å²) >= 11 is 1.16. The number of thiazole rings is 1. The molecule has 1 fully saturated rings. The minimum Gasteiger partial charge on any atom is -0.384 e. The van der Waals surface area contributed by atoms with E-state index in [-0.39, 0.29) is 42.5 Å². The van der Waals surface area contributed by atoms with Gasteiger partial charge in [-0.1, -0.05) is 20.8 Å². The Balaban J connectivity index is 2.07. The molecule has 184 valence electrons. The number of amides is 2. The maximum absolute atomic E-state index is 13.1. The molecule has 1 aliphatic rings. The number of methoxy groups -OCH3 is 2. The Morgan fingerprint density at radius 2 is 1.76 bits per heavy atom. The van der Waals surface area contributed by atoms with Crippen molar-refractivity contribution in [1.29, 1.82) is 0 Å². The van der Waals surface area contributed by atoms with Crippen LogP contribution in [0.4, 0.5) is 0 Å². The molecule has 0 spiro atoms. The van der Waals surface area contributed by atoms with Crippen LogP contribution in [0, 0.1) is 17.3 Å². The maximum atomic E-state index is 13.1. The van der Waals surface area contributed by atoms with Gasteiger partial charge in [-0.25, -0.2) is 0 Å². The van der Waals surface area contributed by atoms with E-state index in [0.29, 0.717) is 11.3 Å². The van der Waals surface area contributed by atoms with Crippen molar-refractivity contribution in [3.63, 3.8) is 0 Å². The zero-order chi connectivity index (χ0) is 24.6. The average Bonchev–Trinajstić information content (AvgIpc) is 3.27. The first kappa shape index (κ1) is 27.1. The van der Waals surface area contributed by atoms with Crippen LogP contribution in [0.1, 0.15) is 56.1 Å². The van der Waals surface area contributed by atoms with E-state index in [1.165, 1.54) is 25.9 Å². The van der Waals surface area contributed by atoms with Gasteiger partial charge in [0.1, 0.15) is 10.9 Å². The SMILES string of the molecule is COC[C@H](CC(=O)[C@H](COC)NC(=O)c1cncs1)C(=O)N[C@@H](CC(C)C)C(=O)C1(C)CC1. The highest BCUT2D eigenvalue weighted by Crippen LogP contribution is 2.47. The number of ketones is 2. The number of hydrogen-bond donors (Lipinski definition) is 2. The fourth-order valence-corrected chi connectivity index (χ4v) is 4.12. The maximum Gasteiger partial charge on any atom is 0.263 e. The molecule has 0 saturated heterocycles. The minimum atomic E-state index is -0.921. The quantitative estimate of drug-likeness (QED) is 0.393. The van der Waals surface area contributed by atoms with Crippen LogP contribution in [0.3, 0.4) is 0 Å². The van der Waals surface area contributed by atoms with Crippen LogP contribution in [0.5, 0.6) is 0 Å². The molecule has 33 heavy (non-hydrogen) atoms. The molecule has 0 aliphatic heterocycles. The number of rotatable bonds is 15. The summed E-state index contributed by atoms with van der Waals surface area (Å²) in [5.41, 5.74) is 1.15. The summed E-state index contributed by atoms with van der Waals surface area (Å²) in [7, 11) is 2.88. The Labute approximate surface area is 199 Å². The van der Waals surface area contributed by atoms with Crippen molar-refractivity contribution in [1.82, 2.24) is 15.6 Å². The van der Waals surface area contributed by atoms with Crippen LogP contribution < -0.4 is 10.6 Å². The molecule has 9 nitrogen and oxygen atoms in total. The van der Waals surface area contributed by atoms with Gasteiger partial charge < -0.3 is 20.1 Å². The summed E-state index contributed by atoms with van der Waals surface area (Å²) in [5, 5.41) is 5.52. The van der Waals surface area contributed by atoms with E-state index in [0.717, 1.165) is 24.2 Å². The van der Waals surface area contributed by atoms with Crippen LogP contribution in [-0.2, 0) is 23.9 Å². The fourth-order valence-electron chi connectivity index (χ4n) is 3.60. The smallest absolute Gasteiger partial charge is 0.263 e. The Morgan fingerprint density at radius 1 is 1.09 bits per heavy atom. The molecule has 1 saturated carbocycles. The normalized spacial score (nSPS) is 17.2. The second kappa shape index (κ2) is 12.3. The van der Waals surface area contributed by atoms with Crippen LogP contribution >= 0.6 is 11.3 Å². The van der Waals surface area contributed by atoms with Crippen molar-refractivity contribution in [2.75, 3.05) is 27.4 Å². The number of carbonyl (C=O) groups is 4. The molecule has 2 N–H and O–H groups in total. The molecule has 10 heteroatoms. The fraction of sp³-hybridized carbons (Fsp3) is 0.696. The molecule has 0 bridgehead atoms. The second-order valence-corrected chi connectivity index (χ2v) is 10.2. The summed E-state index contributed by atoms with van der Waals surface area (Å²) in [5.74, 6) is -1.72. The molecular formula is C23H35N3O6S. The molecule has 0 aromatic carbocycles. The molecule has 1 aromatic heterocycles. The number of nitrogens with zero attached hydrogens (tertiary/aromatic N) is 1. The number of aromatic nitrogens is 1. The van der Waals surface area contributed by atoms with Crippen molar-refractivity contribution in [2.24, 2.45) is 17.3 Å². The second-order valence-electron chi connectivity index (χ2n) is 9.29. The highest BCUT2D eigenvalue weighted by Gasteiger charge is 2.48. The highest BCUT2D eigenvalue weighted by atomic mass is 32.1. The largest absolute Gasteiger partial charge is 0.384 e. The Kier molecular flexibility index (Phi) is 10.1. The van der Waals surface area contributed by atoms with Crippen LogP contribution in [0.2, 0.25) is 0 Å². The van der Waals surface area contributed by atoms with Crippen LogP contribution in [0.25, 0.3) is 0 Å². The van der Waals surface area contributed by atoms with Crippen molar-refractivity contribution in [2.45, 2.75) is 58.5 Å². The lowest BCUT2D eigenvalue weighted by Gasteiger charge is -2.25. The Bertz CT molecular complexity index is 822. The van der Waals surface area contributed by atoms with Gasteiger partial charge in [-0.05, 0) is 25.2 Å². The van der Waals surface area contributed by atoms with Gasteiger partial charge in [-0.2, -0.15) is 0 Å². The van der Waals surface area contributed by atoms with Crippen molar-refractivity contribution < 1.29 is 28.7 Å². The standard InChI is InChI=1S/C23H35N3O6S/c1-14(2)8-16(20(28)23(3)6-7-23)25-21(29)15(11-31-4)9-18(27)17(12-32-5)26-22(30)19-10-24-13-33-19/h10,13-17H,6-9,11-12H2,1-5H3,(H,25,29)(H,26,30)/t15-,16-,17-/m0/s1. The summed E-state index contributed by atoms with van der Waals surface area (Å²) < 4.78 is 10.3. The van der Waals surface area contributed by atoms with Gasteiger partial charge in [-0.3, -0.25) is 24.2 Å². The van der Waals surface area contributed by atoms with Gasteiger partial charge in [-0.15, -0.1) is 11.3 Å². The van der Waals surface area contributed by atoms with Gasteiger partial charge >= 0.3 is 0 Å². The van der Waals surface area contributed by atoms with Gasteiger partial charge in [0.2, 0.25) is 5.91 Å². The van der Waals surface area contributed by atoms with Crippen LogP contribution in [0.15, 0.2) is 11.7 Å². The zero-order valence-electron chi connectivity index (χ0n) is 20.0. The number of carbonyl (C=O) groups excluding carboxylic acids is 4. The van der Waals surface area contributed by atoms with Crippen molar-refractivity contribution >= 4 is 34.7 Å². The third-order valence-electron chi connectivity index (χ3n) is 5.80. The monoisotopic (exact) mass is 481 g/mol. The van der Waals surface area contributed by atoms with E-state index >= 15 is 0 Å². The molecule has 0 radical (unpaired) electrons. The predicted octanol–water partition coefficient (Wildman–Crippen LogP) is 2.01. The minimum absolute atomic E-state index is 0.0138. The average molecular weight is 482 g/mol. The molecule has 0 unspecified atom stereocenters. The van der Waals surface area contributed by atoms with E-state index < -0.39 is 29.8 Å². The van der Waals surface area contributed by atoms with E-state index in [1.54, 1.807) is 0 Å². The van der Waals surface area contributed by atoms with Gasteiger partial charge in [0.05, 0.1) is 36.9 Å². The molecular weight excluding hydrogens is 446 g/mol. The lowest BCUT2D eigenvalue weighted by Crippen LogP contribution is -2.49. The van der Waals surface area contributed by atoms with E-state index in [2.05, 4.69) is 15.6 Å². The molecule has 2 rings (SSSR count). The van der Waals surface area contributed by atoms with Crippen LogP contribution in [-0.4, -0.2) is 67.9 Å². The predicted molar refractivity (Wildman–Crippen MR) is 124 cm³/mol. The number of hydrogen-bond acceptors (Lipinski definition) is 8. The summed E-state index contributed by atoms with van der Waals surface area (Å²) in [6.45, 7) is 5.90. The van der Waals surface area contributed by atoms with Crippen molar-refractivity contribution in [3.8, 4) is 0 Å².